The van der Waals surface area contributed by atoms with Gasteiger partial charge in [-0.2, -0.15) is 0 Å². The van der Waals surface area contributed by atoms with Crippen molar-refractivity contribution in [1.29, 1.82) is 0 Å². The lowest BCUT2D eigenvalue weighted by Crippen LogP contribution is -2.75. The van der Waals surface area contributed by atoms with E-state index in [4.69, 9.17) is 16.3 Å². The molecule has 2 aromatic rings. The molecule has 1 amide bonds. The first-order valence-corrected chi connectivity index (χ1v) is 12.7. The summed E-state index contributed by atoms with van der Waals surface area (Å²) < 4.78 is 6.23. The number of aliphatic hydroxyl groups is 2. The fourth-order valence-electron chi connectivity index (χ4n) is 7.11. The number of halogens is 1. The van der Waals surface area contributed by atoms with E-state index in [1.807, 2.05) is 6.07 Å². The summed E-state index contributed by atoms with van der Waals surface area (Å²) in [5.41, 5.74) is 0.274. The first-order valence-electron chi connectivity index (χ1n) is 12.3. The number of amides is 1. The number of rotatable bonds is 4. The van der Waals surface area contributed by atoms with Crippen LogP contribution in [0.3, 0.4) is 0 Å². The molecule has 1 saturated heterocycles. The van der Waals surface area contributed by atoms with Gasteiger partial charge in [0.2, 0.25) is 0 Å². The molecule has 7 rings (SSSR count). The van der Waals surface area contributed by atoms with E-state index in [2.05, 4.69) is 10.2 Å². The molecule has 3 aliphatic carbocycles. The van der Waals surface area contributed by atoms with Gasteiger partial charge in [-0.25, -0.2) is 0 Å². The van der Waals surface area contributed by atoms with E-state index in [0.717, 1.165) is 24.2 Å². The van der Waals surface area contributed by atoms with E-state index in [-0.39, 0.29) is 29.5 Å². The summed E-state index contributed by atoms with van der Waals surface area (Å²) in [4.78, 5) is 15.8. The molecule has 2 heterocycles. The molecule has 8 heteroatoms. The van der Waals surface area contributed by atoms with E-state index < -0.39 is 23.0 Å². The molecule has 1 spiro atoms. The summed E-state index contributed by atoms with van der Waals surface area (Å²) in [6.07, 6.45) is 2.69. The Balaban J connectivity index is 1.35. The van der Waals surface area contributed by atoms with Crippen LogP contribution in [-0.4, -0.2) is 57.0 Å². The lowest BCUT2D eigenvalue weighted by Gasteiger charge is -2.62. The van der Waals surface area contributed by atoms with Gasteiger partial charge in [-0.1, -0.05) is 17.7 Å². The number of anilines is 1. The molecule has 4 atom stereocenters. The largest absolute Gasteiger partial charge is 0.508 e. The van der Waals surface area contributed by atoms with Crippen molar-refractivity contribution in [2.45, 2.75) is 55.3 Å². The number of ether oxygens (including phenoxy) is 1. The quantitative estimate of drug-likeness (QED) is 0.517. The number of aromatic hydroxyl groups is 1. The zero-order valence-corrected chi connectivity index (χ0v) is 19.9. The number of likely N-dealkylation sites (tertiary alicyclic amines) is 1. The van der Waals surface area contributed by atoms with Crippen LogP contribution in [0, 0.1) is 5.92 Å². The number of benzene rings is 2. The van der Waals surface area contributed by atoms with Gasteiger partial charge in [0.25, 0.3) is 5.91 Å². The van der Waals surface area contributed by atoms with Crippen LogP contribution in [0.25, 0.3) is 0 Å². The molecule has 2 aromatic carbocycles. The Labute approximate surface area is 208 Å². The zero-order chi connectivity index (χ0) is 24.1. The number of carbonyl (C=O) groups excluding carboxylic acids is 1. The molecule has 1 saturated carbocycles. The highest BCUT2D eigenvalue weighted by atomic mass is 35.5. The van der Waals surface area contributed by atoms with Gasteiger partial charge in [0.15, 0.2) is 17.6 Å². The molecule has 35 heavy (non-hydrogen) atoms. The molecule has 4 N–H and O–H groups in total. The minimum atomic E-state index is -1.32. The third kappa shape index (κ3) is 2.83. The second-order valence-electron chi connectivity index (χ2n) is 10.8. The molecule has 0 unspecified atom stereocenters. The van der Waals surface area contributed by atoms with Gasteiger partial charge < -0.3 is 25.4 Å². The Bertz CT molecular complexity index is 1290. The smallest absolute Gasteiger partial charge is 0.255 e. The van der Waals surface area contributed by atoms with E-state index in [9.17, 15) is 20.1 Å². The number of phenolic OH excluding ortho intramolecular Hbond substituents is 1. The highest BCUT2D eigenvalue weighted by molar-refractivity contribution is 6.30. The maximum atomic E-state index is 13.4. The first kappa shape index (κ1) is 21.5. The fraction of sp³-hybridized carbons (Fsp3) is 0.444. The van der Waals surface area contributed by atoms with Gasteiger partial charge in [-0.05, 0) is 74.0 Å². The maximum absolute atomic E-state index is 13.4. The van der Waals surface area contributed by atoms with Crippen molar-refractivity contribution in [3.63, 3.8) is 0 Å². The summed E-state index contributed by atoms with van der Waals surface area (Å²) in [6, 6.07) is 10.1. The van der Waals surface area contributed by atoms with Crippen LogP contribution in [0.2, 0.25) is 5.02 Å². The molecule has 7 nitrogen and oxygen atoms in total. The van der Waals surface area contributed by atoms with Crippen LogP contribution >= 0.6 is 11.6 Å². The highest BCUT2D eigenvalue weighted by Gasteiger charge is 2.73. The van der Waals surface area contributed by atoms with Crippen LogP contribution in [-0.2, 0) is 16.6 Å². The van der Waals surface area contributed by atoms with Crippen molar-refractivity contribution in [2.75, 3.05) is 18.4 Å². The fourth-order valence-corrected chi connectivity index (χ4v) is 7.23. The molecule has 0 radical (unpaired) electrons. The zero-order valence-electron chi connectivity index (χ0n) is 19.1. The summed E-state index contributed by atoms with van der Waals surface area (Å²) in [5, 5.41) is 38.1. The predicted octanol–water partition coefficient (Wildman–Crippen LogP) is 3.67. The van der Waals surface area contributed by atoms with Crippen molar-refractivity contribution < 1.29 is 24.9 Å². The summed E-state index contributed by atoms with van der Waals surface area (Å²) >= 11 is 5.97. The topological polar surface area (TPSA) is 102 Å². The van der Waals surface area contributed by atoms with E-state index in [1.54, 1.807) is 30.3 Å². The third-order valence-electron chi connectivity index (χ3n) is 8.89. The summed E-state index contributed by atoms with van der Waals surface area (Å²) in [5.74, 6) is 0.327. The Morgan fingerprint density at radius 1 is 1.17 bits per heavy atom. The normalized spacial score (nSPS) is 32.7. The molecular formula is C27H27ClN2O5. The summed E-state index contributed by atoms with van der Waals surface area (Å²) in [6.45, 7) is 1.70. The number of carbonyl (C=O) groups is 1. The van der Waals surface area contributed by atoms with Crippen molar-refractivity contribution in [2.24, 2.45) is 5.92 Å². The van der Waals surface area contributed by atoms with Gasteiger partial charge in [0.05, 0.1) is 16.6 Å². The Morgan fingerprint density at radius 3 is 2.69 bits per heavy atom. The Hall–Kier alpha value is -2.74. The van der Waals surface area contributed by atoms with Crippen LogP contribution < -0.4 is 10.1 Å². The van der Waals surface area contributed by atoms with Gasteiger partial charge >= 0.3 is 0 Å². The van der Waals surface area contributed by atoms with Crippen LogP contribution in [0.1, 0.15) is 36.8 Å². The third-order valence-corrected chi connectivity index (χ3v) is 9.15. The molecule has 2 aliphatic heterocycles. The second kappa shape index (κ2) is 7.15. The molecule has 5 aliphatic rings. The Kier molecular flexibility index (Phi) is 4.40. The van der Waals surface area contributed by atoms with Crippen molar-refractivity contribution in [3.8, 4) is 11.5 Å². The van der Waals surface area contributed by atoms with E-state index in [0.29, 0.717) is 35.2 Å². The van der Waals surface area contributed by atoms with E-state index in [1.165, 1.54) is 12.8 Å². The molecule has 2 bridgehead atoms. The number of nitrogens with zero attached hydrogens (tertiary/aromatic N) is 1. The van der Waals surface area contributed by atoms with Gasteiger partial charge in [0, 0.05) is 35.3 Å². The van der Waals surface area contributed by atoms with Crippen LogP contribution in [0.5, 0.6) is 11.5 Å². The first-order chi connectivity index (χ1) is 16.8. The summed E-state index contributed by atoms with van der Waals surface area (Å²) in [7, 11) is 0. The molecule has 0 aromatic heterocycles. The van der Waals surface area contributed by atoms with Crippen LogP contribution in [0.4, 0.5) is 5.69 Å². The standard InChI is InChI=1S/C27H27ClN2O5/c28-16-4-6-17(7-5-16)29-25(33)18-12-27(34)20-11-15-3-8-19(31)23-21(15)26(27,24(35-23)22(18)32)9-10-30(20)13-14-1-2-14/h3-8,14,20,24,31-32,34H,1-2,9-13H2,(H,29,33)/t20-,24+,26+,27-/m1/s1. The predicted molar refractivity (Wildman–Crippen MR) is 130 cm³/mol. The average Bonchev–Trinajstić information content (AvgIpc) is 3.57. The second-order valence-corrected chi connectivity index (χ2v) is 11.2. The Morgan fingerprint density at radius 2 is 1.94 bits per heavy atom. The van der Waals surface area contributed by atoms with Gasteiger partial charge in [-0.3, -0.25) is 9.69 Å². The monoisotopic (exact) mass is 494 g/mol. The number of hydrogen-bond acceptors (Lipinski definition) is 6. The lowest BCUT2D eigenvalue weighted by molar-refractivity contribution is -0.172. The average molecular weight is 495 g/mol. The SMILES string of the molecule is O=C(Nc1ccc(Cl)cc1)C1=C(O)[C@@H]2Oc3c(O)ccc4c3[C@@]23CCN(CC2CC2)[C@H](C4)[C@]3(O)C1. The van der Waals surface area contributed by atoms with Crippen molar-refractivity contribution >= 4 is 23.2 Å². The molecule has 2 fully saturated rings. The maximum Gasteiger partial charge on any atom is 0.255 e. The minimum absolute atomic E-state index is 0.00583. The van der Waals surface area contributed by atoms with Gasteiger partial charge in [0.1, 0.15) is 5.76 Å². The number of aliphatic hydroxyl groups excluding tert-OH is 1. The van der Waals surface area contributed by atoms with E-state index >= 15 is 0 Å². The minimum Gasteiger partial charge on any atom is -0.508 e. The van der Waals surface area contributed by atoms with Crippen LogP contribution in [0.15, 0.2) is 47.7 Å². The molecular weight excluding hydrogens is 468 g/mol. The number of hydrogen-bond donors (Lipinski definition) is 4. The number of phenols is 1. The molecule has 182 valence electrons. The van der Waals surface area contributed by atoms with Gasteiger partial charge in [-0.15, -0.1) is 0 Å². The van der Waals surface area contributed by atoms with Crippen molar-refractivity contribution in [1.82, 2.24) is 4.90 Å². The lowest BCUT2D eigenvalue weighted by atomic mass is 9.49. The highest BCUT2D eigenvalue weighted by Crippen LogP contribution is 2.66. The number of nitrogens with one attached hydrogen (secondary N) is 1. The van der Waals surface area contributed by atoms with Crippen molar-refractivity contribution in [3.05, 3.63) is 63.9 Å². The number of piperidine rings is 1.